The summed E-state index contributed by atoms with van der Waals surface area (Å²) >= 11 is 0. The Morgan fingerprint density at radius 1 is 0.955 bits per heavy atom. The molecule has 0 aromatic heterocycles. The van der Waals surface area contributed by atoms with Gasteiger partial charge in [-0.3, -0.25) is 4.99 Å². The summed E-state index contributed by atoms with van der Waals surface area (Å²) in [6.45, 7) is 4.39. The molecule has 1 nitrogen and oxygen atoms in total. The highest BCUT2D eigenvalue weighted by molar-refractivity contribution is 6.11. The van der Waals surface area contributed by atoms with Gasteiger partial charge in [-0.15, -0.1) is 0 Å². The molecule has 0 radical (unpaired) electrons. The first-order chi connectivity index (χ1) is 10.7. The van der Waals surface area contributed by atoms with Crippen LogP contribution < -0.4 is 0 Å². The van der Waals surface area contributed by atoms with E-state index in [1.807, 2.05) is 12.1 Å². The lowest BCUT2D eigenvalue weighted by Gasteiger charge is -2.21. The minimum absolute atomic E-state index is 0.129. The van der Waals surface area contributed by atoms with Crippen molar-refractivity contribution in [2.45, 2.75) is 25.8 Å². The van der Waals surface area contributed by atoms with E-state index in [1.165, 1.54) is 16.7 Å². The predicted molar refractivity (Wildman–Crippen MR) is 95.2 cm³/mol. The molecule has 0 fully saturated rings. The second-order valence-corrected chi connectivity index (χ2v) is 5.98. The van der Waals surface area contributed by atoms with Crippen molar-refractivity contribution in [3.8, 4) is 0 Å². The van der Waals surface area contributed by atoms with Crippen LogP contribution in [-0.4, -0.2) is 11.3 Å². The number of aliphatic imine (C=N–C) groups is 1. The van der Waals surface area contributed by atoms with Crippen LogP contribution in [0.4, 0.5) is 0 Å². The van der Waals surface area contributed by atoms with Crippen molar-refractivity contribution in [3.05, 3.63) is 89.5 Å². The number of hydrogen-bond donors (Lipinski definition) is 0. The predicted octanol–water partition coefficient (Wildman–Crippen LogP) is 5.30. The van der Waals surface area contributed by atoms with Gasteiger partial charge >= 0.3 is 0 Å². The first-order valence-electron chi connectivity index (χ1n) is 7.73. The van der Waals surface area contributed by atoms with Crippen molar-refractivity contribution in [2.24, 2.45) is 4.99 Å². The Hall–Kier alpha value is -2.41. The number of hydrogen-bond acceptors (Lipinski definition) is 1. The number of benzene rings is 2. The van der Waals surface area contributed by atoms with Crippen molar-refractivity contribution in [1.29, 1.82) is 0 Å². The molecule has 2 aromatic carbocycles. The molecule has 0 N–H and O–H groups in total. The van der Waals surface area contributed by atoms with Crippen LogP contribution in [0.2, 0.25) is 0 Å². The highest BCUT2D eigenvalue weighted by Gasteiger charge is 2.29. The zero-order chi connectivity index (χ0) is 15.4. The molecular weight excluding hydrogens is 266 g/mol. The van der Waals surface area contributed by atoms with Crippen LogP contribution in [0.25, 0.3) is 6.08 Å². The van der Waals surface area contributed by atoms with Crippen LogP contribution in [0, 0.1) is 0 Å². The molecule has 1 atom stereocenters. The highest BCUT2D eigenvalue weighted by Crippen LogP contribution is 2.32. The van der Waals surface area contributed by atoms with Crippen LogP contribution in [-0.2, 0) is 0 Å². The van der Waals surface area contributed by atoms with E-state index in [0.29, 0.717) is 0 Å². The molecule has 1 heteroatoms. The molecule has 0 bridgehead atoms. The van der Waals surface area contributed by atoms with Gasteiger partial charge in [-0.2, -0.15) is 0 Å². The Balaban J connectivity index is 1.77. The van der Waals surface area contributed by atoms with E-state index in [2.05, 4.69) is 80.6 Å². The monoisotopic (exact) mass is 287 g/mol. The maximum Gasteiger partial charge on any atom is 0.0831 e. The Kier molecular flexibility index (Phi) is 4.06. The summed E-state index contributed by atoms with van der Waals surface area (Å²) in [6.07, 6.45) is 7.53. The molecule has 1 aliphatic heterocycles. The maximum atomic E-state index is 4.98. The molecule has 1 aliphatic rings. The fourth-order valence-electron chi connectivity index (χ4n) is 2.70. The van der Waals surface area contributed by atoms with E-state index in [9.17, 15) is 0 Å². The average molecular weight is 287 g/mol. The molecule has 0 spiro atoms. The lowest BCUT2D eigenvalue weighted by atomic mass is 9.91. The normalized spacial score (nSPS) is 21.0. The van der Waals surface area contributed by atoms with Gasteiger partial charge < -0.3 is 0 Å². The van der Waals surface area contributed by atoms with E-state index in [1.54, 1.807) is 0 Å². The Labute approximate surface area is 132 Å². The number of nitrogens with zero attached hydrogens (tertiary/aromatic N) is 1. The molecule has 110 valence electrons. The van der Waals surface area contributed by atoms with E-state index in [4.69, 9.17) is 4.99 Å². The molecule has 0 amide bonds. The summed E-state index contributed by atoms with van der Waals surface area (Å²) in [5.74, 6) is 0. The Morgan fingerprint density at radius 2 is 1.59 bits per heavy atom. The van der Waals surface area contributed by atoms with Crippen molar-refractivity contribution < 1.29 is 0 Å². The molecule has 3 rings (SSSR count). The van der Waals surface area contributed by atoms with Crippen LogP contribution in [0.5, 0.6) is 0 Å². The Morgan fingerprint density at radius 3 is 2.27 bits per heavy atom. The molecule has 2 aromatic rings. The fraction of sp³-hybridized carbons (Fsp3) is 0.190. The molecule has 22 heavy (non-hydrogen) atoms. The van der Waals surface area contributed by atoms with Crippen LogP contribution >= 0.6 is 0 Å². The van der Waals surface area contributed by atoms with Gasteiger partial charge in [-0.25, -0.2) is 0 Å². The SMILES string of the molecule is CC1=CC(c2ccccc2)=N[C@]1(C)C/C=C/c1ccccc1. The van der Waals surface area contributed by atoms with Gasteiger partial charge in [0.2, 0.25) is 0 Å². The van der Waals surface area contributed by atoms with E-state index < -0.39 is 0 Å². The molecule has 1 heterocycles. The third-order valence-electron chi connectivity index (χ3n) is 4.26. The standard InChI is InChI=1S/C21H21N/c1-17-16-20(19-13-7-4-8-14-19)22-21(17,2)15-9-12-18-10-5-3-6-11-18/h3-14,16H,15H2,1-2H3/b12-9+/t21-/m1/s1. The summed E-state index contributed by atoms with van der Waals surface area (Å²) in [6, 6.07) is 20.8. The minimum Gasteiger partial charge on any atom is -0.274 e. The van der Waals surface area contributed by atoms with Gasteiger partial charge in [0.25, 0.3) is 0 Å². The first-order valence-corrected chi connectivity index (χ1v) is 7.73. The van der Waals surface area contributed by atoms with Gasteiger partial charge in [0.1, 0.15) is 0 Å². The largest absolute Gasteiger partial charge is 0.274 e. The first kappa shape index (κ1) is 14.5. The second kappa shape index (κ2) is 6.15. The number of rotatable bonds is 4. The second-order valence-electron chi connectivity index (χ2n) is 5.98. The van der Waals surface area contributed by atoms with Gasteiger partial charge in [-0.05, 0) is 43.0 Å². The summed E-state index contributed by atoms with van der Waals surface area (Å²) < 4.78 is 0. The lowest BCUT2D eigenvalue weighted by molar-refractivity contribution is 0.573. The third-order valence-corrected chi connectivity index (χ3v) is 4.26. The van der Waals surface area contributed by atoms with Crippen molar-refractivity contribution in [2.75, 3.05) is 0 Å². The zero-order valence-electron chi connectivity index (χ0n) is 13.2. The van der Waals surface area contributed by atoms with Crippen LogP contribution in [0.15, 0.2) is 83.4 Å². The zero-order valence-corrected chi connectivity index (χ0v) is 13.2. The molecule has 0 aliphatic carbocycles. The van der Waals surface area contributed by atoms with Gasteiger partial charge in [0.15, 0.2) is 0 Å². The third kappa shape index (κ3) is 3.09. The quantitative estimate of drug-likeness (QED) is 0.723. The van der Waals surface area contributed by atoms with Crippen molar-refractivity contribution in [3.63, 3.8) is 0 Å². The van der Waals surface area contributed by atoms with E-state index in [0.717, 1.165) is 12.1 Å². The van der Waals surface area contributed by atoms with Gasteiger partial charge in [0.05, 0.1) is 11.3 Å². The number of allylic oxidation sites excluding steroid dienone is 1. The highest BCUT2D eigenvalue weighted by atomic mass is 14.9. The van der Waals surface area contributed by atoms with Gasteiger partial charge in [-0.1, -0.05) is 72.8 Å². The van der Waals surface area contributed by atoms with Crippen molar-refractivity contribution in [1.82, 2.24) is 0 Å². The Bertz CT molecular complexity index is 723. The molecule has 0 saturated carbocycles. The molecular formula is C21H21N. The lowest BCUT2D eigenvalue weighted by Crippen LogP contribution is -2.20. The van der Waals surface area contributed by atoms with Crippen LogP contribution in [0.1, 0.15) is 31.4 Å². The molecule has 0 unspecified atom stereocenters. The van der Waals surface area contributed by atoms with E-state index in [-0.39, 0.29) is 5.54 Å². The van der Waals surface area contributed by atoms with Gasteiger partial charge in [0, 0.05) is 0 Å². The smallest absolute Gasteiger partial charge is 0.0831 e. The average Bonchev–Trinajstić information content (AvgIpc) is 2.85. The maximum absolute atomic E-state index is 4.98. The fourth-order valence-corrected chi connectivity index (χ4v) is 2.70. The molecule has 0 saturated heterocycles. The summed E-state index contributed by atoms with van der Waals surface area (Å²) in [5, 5.41) is 0. The van der Waals surface area contributed by atoms with Crippen LogP contribution in [0.3, 0.4) is 0 Å². The minimum atomic E-state index is -0.129. The van der Waals surface area contributed by atoms with E-state index >= 15 is 0 Å². The topological polar surface area (TPSA) is 12.4 Å². The summed E-state index contributed by atoms with van der Waals surface area (Å²) in [4.78, 5) is 4.98. The summed E-state index contributed by atoms with van der Waals surface area (Å²) in [7, 11) is 0. The summed E-state index contributed by atoms with van der Waals surface area (Å²) in [5.41, 5.74) is 4.71. The van der Waals surface area contributed by atoms with Crippen molar-refractivity contribution >= 4 is 11.8 Å².